The van der Waals surface area contributed by atoms with Crippen molar-refractivity contribution in [3.8, 4) is 0 Å². The maximum absolute atomic E-state index is 12.0. The second-order valence-corrected chi connectivity index (χ2v) is 7.00. The third-order valence-electron chi connectivity index (χ3n) is 4.31. The fraction of sp³-hybridized carbons (Fsp3) is 0.467. The van der Waals surface area contributed by atoms with Gasteiger partial charge in [-0.1, -0.05) is 46.3 Å². The van der Waals surface area contributed by atoms with Gasteiger partial charge in [-0.15, -0.1) is 0 Å². The van der Waals surface area contributed by atoms with E-state index in [4.69, 9.17) is 0 Å². The van der Waals surface area contributed by atoms with Gasteiger partial charge in [-0.05, 0) is 31.2 Å². The van der Waals surface area contributed by atoms with E-state index < -0.39 is 0 Å². The molecular formula is C15H17BrN2O2. The maximum atomic E-state index is 12.0. The molecule has 106 valence electrons. The number of nitrogens with one attached hydrogen (secondary N) is 2. The highest BCUT2D eigenvalue weighted by Crippen LogP contribution is 2.51. The lowest BCUT2D eigenvalue weighted by Gasteiger charge is -2.11. The lowest BCUT2D eigenvalue weighted by atomic mass is 10.1. The number of halogens is 1. The highest BCUT2D eigenvalue weighted by molar-refractivity contribution is 9.09. The van der Waals surface area contributed by atoms with E-state index in [1.165, 1.54) is 5.56 Å². The van der Waals surface area contributed by atoms with Crippen molar-refractivity contribution in [2.24, 2.45) is 11.3 Å². The molecule has 0 bridgehead atoms. The number of hydrazine groups is 1. The monoisotopic (exact) mass is 336 g/mol. The average Bonchev–Trinajstić information content (AvgIpc) is 3.35. The number of hydrogen-bond acceptors (Lipinski definition) is 2. The minimum Gasteiger partial charge on any atom is -0.273 e. The summed E-state index contributed by atoms with van der Waals surface area (Å²) in [7, 11) is 0. The zero-order valence-corrected chi connectivity index (χ0v) is 12.8. The Bertz CT molecular complexity index is 548. The van der Waals surface area contributed by atoms with Crippen LogP contribution in [0.25, 0.3) is 0 Å². The van der Waals surface area contributed by atoms with E-state index in [0.717, 1.165) is 12.8 Å². The Morgan fingerprint density at radius 3 is 2.50 bits per heavy atom. The standard InChI is InChI=1S/C15H17BrN2O2/c1-15(8-12(15)16)14(20)18-17-13(19)11-7-10(11)9-5-3-2-4-6-9/h2-6,10-12H,7-8H2,1H3,(H,17,19)(H,18,20). The van der Waals surface area contributed by atoms with E-state index in [2.05, 4.69) is 26.8 Å². The summed E-state index contributed by atoms with van der Waals surface area (Å²) in [6.45, 7) is 1.89. The Kier molecular flexibility index (Phi) is 3.32. The van der Waals surface area contributed by atoms with Crippen molar-refractivity contribution in [1.29, 1.82) is 0 Å². The van der Waals surface area contributed by atoms with Gasteiger partial charge in [0, 0.05) is 10.7 Å². The molecular weight excluding hydrogens is 320 g/mol. The molecule has 0 saturated heterocycles. The Morgan fingerprint density at radius 1 is 1.25 bits per heavy atom. The van der Waals surface area contributed by atoms with Crippen molar-refractivity contribution < 1.29 is 9.59 Å². The molecule has 0 aliphatic heterocycles. The second-order valence-electron chi connectivity index (χ2n) is 5.89. The van der Waals surface area contributed by atoms with Crippen LogP contribution in [0.5, 0.6) is 0 Å². The highest BCUT2D eigenvalue weighted by atomic mass is 79.9. The van der Waals surface area contributed by atoms with E-state index >= 15 is 0 Å². The van der Waals surface area contributed by atoms with E-state index in [1.54, 1.807) is 0 Å². The topological polar surface area (TPSA) is 58.2 Å². The molecule has 2 saturated carbocycles. The molecule has 4 atom stereocenters. The molecule has 0 heterocycles. The number of hydrogen-bond donors (Lipinski definition) is 2. The summed E-state index contributed by atoms with van der Waals surface area (Å²) in [4.78, 5) is 24.1. The third kappa shape index (κ3) is 2.46. The quantitative estimate of drug-likeness (QED) is 0.656. The van der Waals surface area contributed by atoms with Gasteiger partial charge in [0.25, 0.3) is 0 Å². The van der Waals surface area contributed by atoms with E-state index in [9.17, 15) is 9.59 Å². The Morgan fingerprint density at radius 2 is 1.90 bits per heavy atom. The third-order valence-corrected chi connectivity index (χ3v) is 5.64. The summed E-state index contributed by atoms with van der Waals surface area (Å²) in [5.41, 5.74) is 5.90. The van der Waals surface area contributed by atoms with Crippen molar-refractivity contribution in [3.05, 3.63) is 35.9 Å². The Labute approximate surface area is 126 Å². The molecule has 5 heteroatoms. The van der Waals surface area contributed by atoms with Crippen LogP contribution in [0.4, 0.5) is 0 Å². The number of amides is 2. The van der Waals surface area contributed by atoms with Crippen molar-refractivity contribution in [2.45, 2.75) is 30.5 Å². The summed E-state index contributed by atoms with van der Waals surface area (Å²) in [5, 5.41) is 0. The molecule has 2 aliphatic rings. The fourth-order valence-corrected chi connectivity index (χ4v) is 3.34. The van der Waals surface area contributed by atoms with Gasteiger partial charge in [-0.25, -0.2) is 0 Å². The van der Waals surface area contributed by atoms with Gasteiger partial charge in [0.15, 0.2) is 0 Å². The average molecular weight is 337 g/mol. The molecule has 2 aliphatic carbocycles. The smallest absolute Gasteiger partial charge is 0.245 e. The first-order chi connectivity index (χ1) is 9.52. The van der Waals surface area contributed by atoms with E-state index in [1.807, 2.05) is 37.3 Å². The number of carbonyl (C=O) groups is 2. The molecule has 2 N–H and O–H groups in total. The molecule has 0 spiro atoms. The summed E-state index contributed by atoms with van der Waals surface area (Å²) in [6.07, 6.45) is 1.66. The van der Waals surface area contributed by atoms with Gasteiger partial charge in [0.05, 0.1) is 5.41 Å². The van der Waals surface area contributed by atoms with Crippen molar-refractivity contribution in [2.75, 3.05) is 0 Å². The highest BCUT2D eigenvalue weighted by Gasteiger charge is 2.55. The number of carbonyl (C=O) groups excluding carboxylic acids is 2. The SMILES string of the molecule is CC1(C(=O)NNC(=O)C2CC2c2ccccc2)CC1Br. The number of benzene rings is 1. The van der Waals surface area contributed by atoms with Crippen molar-refractivity contribution >= 4 is 27.7 Å². The minimum absolute atomic E-state index is 0.0236. The molecule has 1 aromatic carbocycles. The zero-order chi connectivity index (χ0) is 14.3. The fourth-order valence-electron chi connectivity index (χ4n) is 2.46. The van der Waals surface area contributed by atoms with Crippen LogP contribution in [0.3, 0.4) is 0 Å². The first-order valence-corrected chi connectivity index (χ1v) is 7.73. The summed E-state index contributed by atoms with van der Waals surface area (Å²) >= 11 is 3.42. The summed E-state index contributed by atoms with van der Waals surface area (Å²) in [5.74, 6) is 0.0465. The number of rotatable bonds is 3. The second kappa shape index (κ2) is 4.88. The Hall–Kier alpha value is -1.36. The molecule has 20 heavy (non-hydrogen) atoms. The van der Waals surface area contributed by atoms with Crippen LogP contribution < -0.4 is 10.9 Å². The van der Waals surface area contributed by atoms with Gasteiger partial charge >= 0.3 is 0 Å². The van der Waals surface area contributed by atoms with Gasteiger partial charge < -0.3 is 0 Å². The van der Waals surface area contributed by atoms with Crippen LogP contribution in [0.1, 0.15) is 31.2 Å². The van der Waals surface area contributed by atoms with Crippen LogP contribution in [-0.2, 0) is 9.59 Å². The van der Waals surface area contributed by atoms with Crippen LogP contribution in [0, 0.1) is 11.3 Å². The van der Waals surface area contributed by atoms with Gasteiger partial charge in [-0.3, -0.25) is 20.4 Å². The molecule has 1 aromatic rings. The van der Waals surface area contributed by atoms with Crippen molar-refractivity contribution in [1.82, 2.24) is 10.9 Å². The minimum atomic E-state index is -0.379. The van der Waals surface area contributed by atoms with Gasteiger partial charge in [-0.2, -0.15) is 0 Å². The molecule has 4 nitrogen and oxygen atoms in total. The van der Waals surface area contributed by atoms with Crippen molar-refractivity contribution in [3.63, 3.8) is 0 Å². The van der Waals surface area contributed by atoms with Gasteiger partial charge in [0.1, 0.15) is 0 Å². The zero-order valence-electron chi connectivity index (χ0n) is 11.2. The lowest BCUT2D eigenvalue weighted by Crippen LogP contribution is -2.46. The van der Waals surface area contributed by atoms with Crippen LogP contribution in [-0.4, -0.2) is 16.6 Å². The molecule has 3 rings (SSSR count). The van der Waals surface area contributed by atoms with Crippen LogP contribution in [0.2, 0.25) is 0 Å². The predicted octanol–water partition coefficient (Wildman–Crippen LogP) is 2.11. The predicted molar refractivity (Wildman–Crippen MR) is 79.0 cm³/mol. The lowest BCUT2D eigenvalue weighted by molar-refractivity contribution is -0.132. The maximum Gasteiger partial charge on any atom is 0.245 e. The van der Waals surface area contributed by atoms with Crippen LogP contribution in [0.15, 0.2) is 30.3 Å². The summed E-state index contributed by atoms with van der Waals surface area (Å²) in [6, 6.07) is 10.0. The Balaban J connectivity index is 1.49. The van der Waals surface area contributed by atoms with E-state index in [0.29, 0.717) is 0 Å². The normalized spacial score (nSPS) is 34.2. The molecule has 2 amide bonds. The van der Waals surface area contributed by atoms with Gasteiger partial charge in [0.2, 0.25) is 11.8 Å². The number of alkyl halides is 1. The largest absolute Gasteiger partial charge is 0.273 e. The van der Waals surface area contributed by atoms with Crippen LogP contribution >= 0.6 is 15.9 Å². The molecule has 0 radical (unpaired) electrons. The molecule has 2 fully saturated rings. The molecule has 0 aromatic heterocycles. The van der Waals surface area contributed by atoms with E-state index in [-0.39, 0.29) is 33.9 Å². The summed E-state index contributed by atoms with van der Waals surface area (Å²) < 4.78 is 0. The first-order valence-electron chi connectivity index (χ1n) is 6.81. The molecule has 4 unspecified atom stereocenters. The first kappa shape index (κ1) is 13.6.